The molecule has 4 nitrogen and oxygen atoms in total. The molecule has 0 heterocycles. The number of halogens is 21. The molecule has 0 fully saturated rings. The molecule has 272 valence electrons. The summed E-state index contributed by atoms with van der Waals surface area (Å²) in [5.41, 5.74) is 0. The van der Waals surface area contributed by atoms with Crippen molar-refractivity contribution in [2.24, 2.45) is 0 Å². The monoisotopic (exact) mass is 782 g/mol. The molecular formula is C24F21O4P. The summed E-state index contributed by atoms with van der Waals surface area (Å²) in [5, 5.41) is -10.5. The van der Waals surface area contributed by atoms with E-state index in [2.05, 4.69) is 14.2 Å². The third-order valence-corrected chi connectivity index (χ3v) is 8.63. The average Bonchev–Trinajstić information content (AvgIpc) is 3.03. The van der Waals surface area contributed by atoms with Crippen molar-refractivity contribution in [3.8, 4) is 17.2 Å². The Morgan fingerprint density at radius 1 is 0.320 bits per heavy atom. The first-order valence-electron chi connectivity index (χ1n) is 11.3. The van der Waals surface area contributed by atoms with Crippen LogP contribution in [0.15, 0.2) is 36.3 Å². The van der Waals surface area contributed by atoms with E-state index in [1.54, 1.807) is 0 Å². The molecule has 0 atom stereocenters. The number of rotatable bonds is 9. The molecule has 0 bridgehead atoms. The summed E-state index contributed by atoms with van der Waals surface area (Å²) in [6.07, 6.45) is -10.9. The van der Waals surface area contributed by atoms with Crippen LogP contribution in [0.1, 0.15) is 0 Å². The second-order valence-electron chi connectivity index (χ2n) is 8.32. The molecule has 0 aliphatic heterocycles. The Morgan fingerprint density at radius 2 is 0.480 bits per heavy atom. The largest absolute Gasteiger partial charge is 0.421 e. The molecular weight excluding hydrogens is 782 g/mol. The van der Waals surface area contributed by atoms with Crippen molar-refractivity contribution in [1.82, 2.24) is 0 Å². The van der Waals surface area contributed by atoms with Gasteiger partial charge in [0.1, 0.15) is 0 Å². The van der Waals surface area contributed by atoms with Gasteiger partial charge in [-0.3, -0.25) is 0 Å². The lowest BCUT2D eigenvalue weighted by molar-refractivity contribution is 0.221. The Labute approximate surface area is 258 Å². The second-order valence-corrected chi connectivity index (χ2v) is 10.9. The van der Waals surface area contributed by atoms with Crippen molar-refractivity contribution in [2.45, 2.75) is 0 Å². The van der Waals surface area contributed by atoms with Gasteiger partial charge in [0.25, 0.3) is 0 Å². The van der Waals surface area contributed by atoms with Gasteiger partial charge >= 0.3 is 36.3 Å². The van der Waals surface area contributed by atoms with E-state index in [1.165, 1.54) is 0 Å². The Bertz CT molecular complexity index is 1760. The summed E-state index contributed by atoms with van der Waals surface area (Å²) < 4.78 is 318. The van der Waals surface area contributed by atoms with Crippen molar-refractivity contribution in [3.63, 3.8) is 0 Å². The van der Waals surface area contributed by atoms with Crippen LogP contribution in [-0.4, -0.2) is 0 Å². The van der Waals surface area contributed by atoms with Crippen molar-refractivity contribution in [2.75, 3.05) is 0 Å². The molecule has 0 saturated carbocycles. The molecule has 0 spiro atoms. The molecule has 26 heteroatoms. The van der Waals surface area contributed by atoms with Gasteiger partial charge in [0.05, 0.1) is 15.9 Å². The minimum absolute atomic E-state index is 2.99. The minimum atomic E-state index is -8.00. The van der Waals surface area contributed by atoms with Crippen LogP contribution >= 0.6 is 7.14 Å². The molecule has 0 aromatic heterocycles. The third kappa shape index (κ3) is 6.40. The molecule has 0 saturated heterocycles. The summed E-state index contributed by atoms with van der Waals surface area (Å²) in [7, 11) is -8.00. The Morgan fingerprint density at radius 3 is 0.620 bits per heavy atom. The zero-order valence-corrected chi connectivity index (χ0v) is 22.9. The molecule has 0 N–H and O–H groups in total. The Balaban J connectivity index is 2.72. The van der Waals surface area contributed by atoms with Gasteiger partial charge < -0.3 is 18.8 Å². The molecule has 0 amide bonds. The van der Waals surface area contributed by atoms with E-state index in [0.29, 0.717) is 0 Å². The number of hydrogen-bond donors (Lipinski definition) is 0. The van der Waals surface area contributed by atoms with Gasteiger partial charge in [-0.15, -0.1) is 0 Å². The number of ether oxygens (including phenoxy) is 3. The van der Waals surface area contributed by atoms with Crippen LogP contribution in [0.3, 0.4) is 0 Å². The van der Waals surface area contributed by atoms with Crippen LogP contribution in [0.2, 0.25) is 0 Å². The zero-order chi connectivity index (χ0) is 38.5. The summed E-state index contributed by atoms with van der Waals surface area (Å²) in [6.45, 7) is 0. The highest BCUT2D eigenvalue weighted by Crippen LogP contribution is 2.51. The maximum absolute atomic E-state index is 15.3. The van der Waals surface area contributed by atoms with Crippen LogP contribution in [-0.2, 0) is 4.57 Å². The first-order valence-corrected chi connectivity index (χ1v) is 13.0. The molecule has 3 aromatic carbocycles. The molecule has 0 aliphatic carbocycles. The molecule has 0 aliphatic rings. The van der Waals surface area contributed by atoms with E-state index in [0.717, 1.165) is 0 Å². The van der Waals surface area contributed by atoms with Crippen molar-refractivity contribution in [1.29, 1.82) is 0 Å². The quantitative estimate of drug-likeness (QED) is 0.0941. The Hall–Kier alpha value is -4.96. The SMILES string of the molecule is O=P(c1c(F)c(F)c(OC(F)=C(F)F)c(F)c1F)(c1c(F)c(F)c(OC(F)=C(F)F)c(F)c1F)c1c(F)c(F)c(OC(F)=C(F)F)c(F)c1F. The van der Waals surface area contributed by atoms with Crippen molar-refractivity contribution < 1.29 is 111 Å². The van der Waals surface area contributed by atoms with E-state index in [-0.39, 0.29) is 0 Å². The maximum Gasteiger partial charge on any atom is 0.344 e. The average molecular weight is 782 g/mol. The lowest BCUT2D eigenvalue weighted by Gasteiger charge is -2.25. The van der Waals surface area contributed by atoms with Crippen LogP contribution in [0.4, 0.5) is 92.2 Å². The molecule has 0 radical (unpaired) electrons. The van der Waals surface area contributed by atoms with Crippen molar-refractivity contribution in [3.05, 3.63) is 106 Å². The summed E-state index contributed by atoms with van der Waals surface area (Å²) in [4.78, 5) is 0. The predicted molar refractivity (Wildman–Crippen MR) is 118 cm³/mol. The molecule has 3 rings (SSSR count). The Kier molecular flexibility index (Phi) is 11.1. The van der Waals surface area contributed by atoms with Crippen LogP contribution in [0.5, 0.6) is 17.2 Å². The van der Waals surface area contributed by atoms with Crippen LogP contribution < -0.4 is 30.1 Å². The second kappa shape index (κ2) is 14.1. The lowest BCUT2D eigenvalue weighted by atomic mass is 10.2. The van der Waals surface area contributed by atoms with Gasteiger partial charge in [0.15, 0.2) is 42.0 Å². The first-order chi connectivity index (χ1) is 22.9. The van der Waals surface area contributed by atoms with Gasteiger partial charge in [0.2, 0.25) is 52.2 Å². The highest BCUT2D eigenvalue weighted by molar-refractivity contribution is 7.85. The summed E-state index contributed by atoms with van der Waals surface area (Å²) >= 11 is 0. The van der Waals surface area contributed by atoms with E-state index >= 15 is 26.3 Å². The van der Waals surface area contributed by atoms with Crippen LogP contribution in [0, 0.1) is 69.8 Å². The molecule has 50 heavy (non-hydrogen) atoms. The summed E-state index contributed by atoms with van der Waals surface area (Å²) in [6, 6.07) is -10.1. The first kappa shape index (κ1) is 39.5. The fraction of sp³-hybridized carbons (Fsp3) is 0. The normalized spacial score (nSPS) is 11.4. The van der Waals surface area contributed by atoms with Gasteiger partial charge in [-0.25, -0.2) is 26.3 Å². The van der Waals surface area contributed by atoms with Gasteiger partial charge in [-0.2, -0.15) is 65.9 Å². The van der Waals surface area contributed by atoms with E-state index in [9.17, 15) is 70.4 Å². The maximum atomic E-state index is 15.3. The van der Waals surface area contributed by atoms with E-state index in [4.69, 9.17) is 0 Å². The van der Waals surface area contributed by atoms with E-state index < -0.39 is 146 Å². The standard InChI is InChI=1S/C24F21O4P/c25-1-7(31)16(8(32)2(26)13(1)47-22(43)19(37)38)50(46,17-9(33)3(27)14(4(28)10(17)34)48-23(44)20(39)40)18-11(35)5(29)15(6(30)12(18)36)49-24(45)21(41)42. The summed E-state index contributed by atoms with van der Waals surface area (Å²) in [5.74, 6) is -51.9. The molecule has 3 aromatic rings. The van der Waals surface area contributed by atoms with Gasteiger partial charge in [-0.1, -0.05) is 0 Å². The van der Waals surface area contributed by atoms with E-state index in [1.807, 2.05) is 0 Å². The third-order valence-electron chi connectivity index (χ3n) is 5.57. The highest BCUT2D eigenvalue weighted by Gasteiger charge is 2.51. The molecule has 0 unspecified atom stereocenters. The fourth-order valence-corrected chi connectivity index (χ4v) is 6.54. The highest BCUT2D eigenvalue weighted by atomic mass is 31.2. The van der Waals surface area contributed by atoms with Gasteiger partial charge in [0, 0.05) is 0 Å². The topological polar surface area (TPSA) is 44.8 Å². The predicted octanol–water partition coefficient (Wildman–Crippen LogP) is 9.24. The number of benzene rings is 3. The van der Waals surface area contributed by atoms with Crippen LogP contribution in [0.25, 0.3) is 0 Å². The smallest absolute Gasteiger partial charge is 0.344 e. The van der Waals surface area contributed by atoms with Gasteiger partial charge in [-0.05, 0) is 0 Å². The minimum Gasteiger partial charge on any atom is -0.421 e. The van der Waals surface area contributed by atoms with Crippen molar-refractivity contribution >= 4 is 23.1 Å². The number of hydrogen-bond acceptors (Lipinski definition) is 4. The zero-order valence-electron chi connectivity index (χ0n) is 22.0. The lowest BCUT2D eigenvalue weighted by Crippen LogP contribution is -2.38. The fourth-order valence-electron chi connectivity index (χ4n) is 3.62.